The lowest BCUT2D eigenvalue weighted by Gasteiger charge is -2.07. The lowest BCUT2D eigenvalue weighted by molar-refractivity contribution is 0.0996. The molecule has 0 aliphatic carbocycles. The second-order valence-electron chi connectivity index (χ2n) is 4.18. The van der Waals surface area contributed by atoms with Crippen molar-refractivity contribution in [1.82, 2.24) is 0 Å². The maximum Gasteiger partial charge on any atom is 0.177 e. The van der Waals surface area contributed by atoms with Gasteiger partial charge in [0.2, 0.25) is 0 Å². The quantitative estimate of drug-likeness (QED) is 0.750. The van der Waals surface area contributed by atoms with Gasteiger partial charge in [0.25, 0.3) is 0 Å². The Labute approximate surface area is 125 Å². The van der Waals surface area contributed by atoms with Gasteiger partial charge in [0, 0.05) is 21.3 Å². The molecular weight excluding hydrogens is 324 g/mol. The van der Waals surface area contributed by atoms with Crippen LogP contribution < -0.4 is 4.74 Å². The molecule has 0 atom stereocenters. The number of halogens is 1. The number of carbonyl (C=O) groups is 1. The highest BCUT2D eigenvalue weighted by Gasteiger charge is 2.13. The van der Waals surface area contributed by atoms with Crippen molar-refractivity contribution in [1.29, 1.82) is 0 Å². The van der Waals surface area contributed by atoms with Gasteiger partial charge in [0.1, 0.15) is 5.75 Å². The summed E-state index contributed by atoms with van der Waals surface area (Å²) < 4.78 is 6.25. The van der Waals surface area contributed by atoms with E-state index in [1.165, 1.54) is 4.88 Å². The molecule has 0 amide bonds. The molecule has 2 nitrogen and oxygen atoms in total. The minimum Gasteiger partial charge on any atom is -0.496 e. The van der Waals surface area contributed by atoms with Crippen LogP contribution in [0.25, 0.3) is 0 Å². The van der Waals surface area contributed by atoms with Gasteiger partial charge in [-0.05, 0) is 36.8 Å². The van der Waals surface area contributed by atoms with Gasteiger partial charge in [-0.1, -0.05) is 22.9 Å². The topological polar surface area (TPSA) is 26.3 Å². The van der Waals surface area contributed by atoms with E-state index in [1.54, 1.807) is 18.4 Å². The van der Waals surface area contributed by atoms with Crippen LogP contribution in [0.15, 0.2) is 34.8 Å². The van der Waals surface area contributed by atoms with Gasteiger partial charge in [0.05, 0.1) is 12.0 Å². The van der Waals surface area contributed by atoms with Crippen LogP contribution in [-0.2, 0) is 12.8 Å². The Kier molecular flexibility index (Phi) is 4.77. The summed E-state index contributed by atoms with van der Waals surface area (Å²) >= 11 is 5.00. The standard InChI is InChI=1S/C15H15BrO2S/c1-3-12-5-7-15(19-12)13(17)9-10-8-11(16)4-6-14(10)18-2/h4-8H,3,9H2,1-2H3. The van der Waals surface area contributed by atoms with E-state index in [-0.39, 0.29) is 5.78 Å². The van der Waals surface area contributed by atoms with Gasteiger partial charge in [0.15, 0.2) is 5.78 Å². The Morgan fingerprint density at radius 1 is 1.32 bits per heavy atom. The zero-order chi connectivity index (χ0) is 13.8. The van der Waals surface area contributed by atoms with Crippen molar-refractivity contribution in [3.63, 3.8) is 0 Å². The van der Waals surface area contributed by atoms with Gasteiger partial charge in [-0.15, -0.1) is 11.3 Å². The first-order valence-corrected chi connectivity index (χ1v) is 7.69. The number of aryl methyl sites for hydroxylation is 1. The van der Waals surface area contributed by atoms with Crippen LogP contribution in [0.2, 0.25) is 0 Å². The summed E-state index contributed by atoms with van der Waals surface area (Å²) in [4.78, 5) is 14.3. The Bertz CT molecular complexity index is 590. The Morgan fingerprint density at radius 3 is 2.74 bits per heavy atom. The summed E-state index contributed by atoms with van der Waals surface area (Å²) in [7, 11) is 1.62. The fraction of sp³-hybridized carbons (Fsp3) is 0.267. The molecule has 1 aromatic heterocycles. The first kappa shape index (κ1) is 14.3. The van der Waals surface area contributed by atoms with Crippen molar-refractivity contribution in [2.24, 2.45) is 0 Å². The fourth-order valence-electron chi connectivity index (χ4n) is 1.86. The lowest BCUT2D eigenvalue weighted by Crippen LogP contribution is -2.03. The molecule has 0 saturated carbocycles. The van der Waals surface area contributed by atoms with Crippen molar-refractivity contribution >= 4 is 33.0 Å². The molecule has 100 valence electrons. The van der Waals surface area contributed by atoms with Crippen LogP contribution >= 0.6 is 27.3 Å². The van der Waals surface area contributed by atoms with Crippen LogP contribution in [0.1, 0.15) is 27.0 Å². The maximum absolute atomic E-state index is 12.3. The van der Waals surface area contributed by atoms with Gasteiger partial charge >= 0.3 is 0 Å². The minimum atomic E-state index is 0.140. The molecule has 0 radical (unpaired) electrons. The third-order valence-electron chi connectivity index (χ3n) is 2.88. The first-order chi connectivity index (χ1) is 9.13. The zero-order valence-electron chi connectivity index (χ0n) is 10.9. The van der Waals surface area contributed by atoms with Crippen molar-refractivity contribution in [3.8, 4) is 5.75 Å². The molecule has 19 heavy (non-hydrogen) atoms. The SMILES string of the molecule is CCc1ccc(C(=O)Cc2cc(Br)ccc2OC)s1. The van der Waals surface area contributed by atoms with Crippen LogP contribution in [0.5, 0.6) is 5.75 Å². The van der Waals surface area contributed by atoms with Crippen molar-refractivity contribution in [2.75, 3.05) is 7.11 Å². The van der Waals surface area contributed by atoms with E-state index in [4.69, 9.17) is 4.74 Å². The van der Waals surface area contributed by atoms with Gasteiger partial charge in [-0.25, -0.2) is 0 Å². The number of rotatable bonds is 5. The first-order valence-electron chi connectivity index (χ1n) is 6.08. The number of thiophene rings is 1. The highest BCUT2D eigenvalue weighted by molar-refractivity contribution is 9.10. The van der Waals surface area contributed by atoms with Crippen LogP contribution in [0.4, 0.5) is 0 Å². The van der Waals surface area contributed by atoms with E-state index in [0.29, 0.717) is 6.42 Å². The molecule has 0 aliphatic rings. The van der Waals surface area contributed by atoms with Crippen LogP contribution in [0.3, 0.4) is 0 Å². The highest BCUT2D eigenvalue weighted by Crippen LogP contribution is 2.26. The molecule has 0 N–H and O–H groups in total. The molecule has 0 unspecified atom stereocenters. The monoisotopic (exact) mass is 338 g/mol. The molecule has 0 saturated heterocycles. The van der Waals surface area contributed by atoms with E-state index < -0.39 is 0 Å². The number of carbonyl (C=O) groups excluding carboxylic acids is 1. The summed E-state index contributed by atoms with van der Waals surface area (Å²) in [5.41, 5.74) is 0.910. The number of hydrogen-bond donors (Lipinski definition) is 0. The van der Waals surface area contributed by atoms with E-state index in [2.05, 4.69) is 22.9 Å². The number of methoxy groups -OCH3 is 1. The molecule has 4 heteroatoms. The largest absolute Gasteiger partial charge is 0.496 e. The van der Waals surface area contributed by atoms with Gasteiger partial charge in [-0.3, -0.25) is 4.79 Å². The second-order valence-corrected chi connectivity index (χ2v) is 6.26. The average molecular weight is 339 g/mol. The third kappa shape index (κ3) is 3.45. The molecular formula is C15H15BrO2S. The van der Waals surface area contributed by atoms with E-state index >= 15 is 0 Å². The molecule has 2 rings (SSSR count). The third-order valence-corrected chi connectivity index (χ3v) is 4.64. The molecule has 0 spiro atoms. The van der Waals surface area contributed by atoms with E-state index in [0.717, 1.165) is 27.1 Å². The molecule has 0 aliphatic heterocycles. The molecule has 0 bridgehead atoms. The number of ether oxygens (including phenoxy) is 1. The summed E-state index contributed by atoms with van der Waals surface area (Å²) in [6.45, 7) is 2.09. The Balaban J connectivity index is 2.20. The zero-order valence-corrected chi connectivity index (χ0v) is 13.3. The lowest BCUT2D eigenvalue weighted by atomic mass is 10.1. The number of benzene rings is 1. The summed E-state index contributed by atoms with van der Waals surface area (Å²) in [6, 6.07) is 9.66. The number of ketones is 1. The van der Waals surface area contributed by atoms with Crippen LogP contribution in [0, 0.1) is 0 Å². The number of Topliss-reactive ketones (excluding diaryl/α,β-unsaturated/α-hetero) is 1. The molecule has 1 heterocycles. The minimum absolute atomic E-state index is 0.140. The maximum atomic E-state index is 12.3. The summed E-state index contributed by atoms with van der Waals surface area (Å²) in [6.07, 6.45) is 1.34. The number of hydrogen-bond acceptors (Lipinski definition) is 3. The van der Waals surface area contributed by atoms with E-state index in [9.17, 15) is 4.79 Å². The van der Waals surface area contributed by atoms with Crippen molar-refractivity contribution in [3.05, 3.63) is 50.1 Å². The smallest absolute Gasteiger partial charge is 0.177 e. The molecule has 0 fully saturated rings. The second kappa shape index (κ2) is 6.35. The Hall–Kier alpha value is -1.13. The van der Waals surface area contributed by atoms with Crippen LogP contribution in [-0.4, -0.2) is 12.9 Å². The summed E-state index contributed by atoms with van der Waals surface area (Å²) in [5, 5.41) is 0. The summed E-state index contributed by atoms with van der Waals surface area (Å²) in [5.74, 6) is 0.893. The fourth-order valence-corrected chi connectivity index (χ4v) is 3.16. The van der Waals surface area contributed by atoms with Gasteiger partial charge < -0.3 is 4.74 Å². The molecule has 1 aromatic carbocycles. The van der Waals surface area contributed by atoms with Gasteiger partial charge in [-0.2, -0.15) is 0 Å². The van der Waals surface area contributed by atoms with Crippen molar-refractivity contribution in [2.45, 2.75) is 19.8 Å². The normalized spacial score (nSPS) is 10.5. The Morgan fingerprint density at radius 2 is 2.11 bits per heavy atom. The predicted molar refractivity (Wildman–Crippen MR) is 82.4 cm³/mol. The predicted octanol–water partition coefficient (Wildman–Crippen LogP) is 4.51. The van der Waals surface area contributed by atoms with E-state index in [1.807, 2.05) is 30.3 Å². The molecule has 2 aromatic rings. The van der Waals surface area contributed by atoms with Crippen molar-refractivity contribution < 1.29 is 9.53 Å². The average Bonchev–Trinajstić information content (AvgIpc) is 2.88. The highest BCUT2D eigenvalue weighted by atomic mass is 79.9.